The van der Waals surface area contributed by atoms with Gasteiger partial charge in [0.15, 0.2) is 0 Å². The highest BCUT2D eigenvalue weighted by Crippen LogP contribution is 1.90. The van der Waals surface area contributed by atoms with Gasteiger partial charge in [-0.25, -0.2) is 4.79 Å². The van der Waals surface area contributed by atoms with E-state index in [-0.39, 0.29) is 12.6 Å². The molecule has 0 saturated heterocycles. The molecule has 0 aliphatic rings. The van der Waals surface area contributed by atoms with E-state index in [2.05, 4.69) is 31.1 Å². The van der Waals surface area contributed by atoms with Crippen molar-refractivity contribution in [2.24, 2.45) is 0 Å². The maximum atomic E-state index is 10.5. The van der Waals surface area contributed by atoms with Crippen molar-refractivity contribution in [2.75, 3.05) is 6.61 Å². The molecule has 0 heterocycles. The van der Waals surface area contributed by atoms with Gasteiger partial charge in [-0.1, -0.05) is 19.2 Å². The van der Waals surface area contributed by atoms with Crippen LogP contribution in [0.5, 0.6) is 0 Å². The van der Waals surface area contributed by atoms with Crippen molar-refractivity contribution in [3.8, 4) is 0 Å². The Hall–Kier alpha value is -1.31. The van der Waals surface area contributed by atoms with E-state index in [0.29, 0.717) is 5.57 Å². The molecule has 0 fully saturated rings. The van der Waals surface area contributed by atoms with Crippen LogP contribution in [0.2, 0.25) is 0 Å². The summed E-state index contributed by atoms with van der Waals surface area (Å²) in [6, 6.07) is 0. The van der Waals surface area contributed by atoms with Crippen LogP contribution in [0.4, 0.5) is 0 Å². The van der Waals surface area contributed by atoms with Crippen molar-refractivity contribution >= 4 is 5.97 Å². The number of ether oxygens (including phenoxy) is 1. The van der Waals surface area contributed by atoms with Crippen molar-refractivity contribution in [3.05, 3.63) is 38.0 Å². The van der Waals surface area contributed by atoms with Gasteiger partial charge in [0.1, 0.15) is 6.61 Å². The maximum Gasteiger partial charge on any atom is 0.333 e. The molecule has 0 aliphatic heterocycles. The van der Waals surface area contributed by atoms with Gasteiger partial charge in [0.25, 0.3) is 0 Å². The summed E-state index contributed by atoms with van der Waals surface area (Å²) in [6.45, 7) is 14.6. The van der Waals surface area contributed by atoms with Crippen LogP contribution in [0.15, 0.2) is 38.0 Å². The van der Waals surface area contributed by atoms with Gasteiger partial charge in [-0.15, -0.1) is 13.2 Å². The third-order valence-electron chi connectivity index (χ3n) is 0.681. The number of rotatable bonds is 3. The summed E-state index contributed by atoms with van der Waals surface area (Å²) in [4.78, 5) is 10.5. The molecule has 0 spiro atoms. The standard InChI is InChI=1S/C7H10O2.C2H4/c1-4-5-9-7(8)6(2)3;1-2/h4H,1-2,5H2,3H3;1-2H2. The highest BCUT2D eigenvalue weighted by Gasteiger charge is 1.98. The zero-order chi connectivity index (χ0) is 9.28. The van der Waals surface area contributed by atoms with Gasteiger partial charge in [-0.05, 0) is 6.92 Å². The second kappa shape index (κ2) is 8.69. The number of carbonyl (C=O) groups excluding carboxylic acids is 1. The van der Waals surface area contributed by atoms with Crippen LogP contribution in [-0.4, -0.2) is 12.6 Å². The fraction of sp³-hybridized carbons (Fsp3) is 0.222. The predicted molar refractivity (Wildman–Crippen MR) is 47.2 cm³/mol. The Morgan fingerprint density at radius 3 is 2.27 bits per heavy atom. The molecule has 0 atom stereocenters. The molecule has 0 unspecified atom stereocenters. The molecule has 62 valence electrons. The number of esters is 1. The topological polar surface area (TPSA) is 26.3 Å². The lowest BCUT2D eigenvalue weighted by molar-refractivity contribution is -0.137. The molecule has 0 rings (SSSR count). The fourth-order valence-corrected chi connectivity index (χ4v) is 0.258. The normalized spacial score (nSPS) is 7.00. The van der Waals surface area contributed by atoms with Crippen molar-refractivity contribution in [2.45, 2.75) is 6.92 Å². The van der Waals surface area contributed by atoms with E-state index in [4.69, 9.17) is 0 Å². The zero-order valence-electron chi connectivity index (χ0n) is 6.93. The molecular weight excluding hydrogens is 140 g/mol. The molecule has 0 bridgehead atoms. The summed E-state index contributed by atoms with van der Waals surface area (Å²) in [6.07, 6.45) is 1.51. The minimum Gasteiger partial charge on any atom is -0.458 e. The summed E-state index contributed by atoms with van der Waals surface area (Å²) in [5, 5.41) is 0. The van der Waals surface area contributed by atoms with E-state index >= 15 is 0 Å². The Bertz CT molecular complexity index is 148. The molecule has 0 radical (unpaired) electrons. The Balaban J connectivity index is 0. The summed E-state index contributed by atoms with van der Waals surface area (Å²) < 4.78 is 4.60. The van der Waals surface area contributed by atoms with Crippen LogP contribution in [0.25, 0.3) is 0 Å². The first-order valence-electron chi connectivity index (χ1n) is 3.12. The van der Waals surface area contributed by atoms with Gasteiger partial charge >= 0.3 is 5.97 Å². The summed E-state index contributed by atoms with van der Waals surface area (Å²) in [5.41, 5.74) is 0.414. The number of hydrogen-bond acceptors (Lipinski definition) is 2. The first-order valence-corrected chi connectivity index (χ1v) is 3.12. The molecule has 11 heavy (non-hydrogen) atoms. The lowest BCUT2D eigenvalue weighted by Crippen LogP contribution is -2.03. The van der Waals surface area contributed by atoms with Crippen molar-refractivity contribution in [1.29, 1.82) is 0 Å². The van der Waals surface area contributed by atoms with E-state index in [1.807, 2.05) is 0 Å². The summed E-state index contributed by atoms with van der Waals surface area (Å²) in [5.74, 6) is -0.366. The summed E-state index contributed by atoms with van der Waals surface area (Å²) >= 11 is 0. The second-order valence-electron chi connectivity index (χ2n) is 1.67. The minimum atomic E-state index is -0.366. The van der Waals surface area contributed by atoms with Crippen LogP contribution >= 0.6 is 0 Å². The Labute approximate surface area is 67.9 Å². The van der Waals surface area contributed by atoms with E-state index in [0.717, 1.165) is 0 Å². The molecule has 0 saturated carbocycles. The van der Waals surface area contributed by atoms with Crippen molar-refractivity contribution in [3.63, 3.8) is 0 Å². The Morgan fingerprint density at radius 2 is 2.00 bits per heavy atom. The highest BCUT2D eigenvalue weighted by molar-refractivity contribution is 5.86. The van der Waals surface area contributed by atoms with Crippen LogP contribution in [0, 0.1) is 0 Å². The molecule has 0 N–H and O–H groups in total. The van der Waals surface area contributed by atoms with E-state index < -0.39 is 0 Å². The highest BCUT2D eigenvalue weighted by atomic mass is 16.5. The van der Waals surface area contributed by atoms with Gasteiger partial charge in [0.05, 0.1) is 0 Å². The fourth-order valence-electron chi connectivity index (χ4n) is 0.258. The second-order valence-corrected chi connectivity index (χ2v) is 1.67. The predicted octanol–water partition coefficient (Wildman–Crippen LogP) is 2.09. The average Bonchev–Trinajstić information content (AvgIpc) is 2.03. The first kappa shape index (κ1) is 12.4. The molecule has 0 aromatic rings. The van der Waals surface area contributed by atoms with Gasteiger partial charge in [0.2, 0.25) is 0 Å². The number of hydrogen-bond donors (Lipinski definition) is 0. The average molecular weight is 154 g/mol. The smallest absolute Gasteiger partial charge is 0.333 e. The molecule has 2 heteroatoms. The van der Waals surface area contributed by atoms with Crippen molar-refractivity contribution < 1.29 is 9.53 Å². The monoisotopic (exact) mass is 154 g/mol. The molecule has 0 aliphatic carbocycles. The van der Waals surface area contributed by atoms with Gasteiger partial charge in [-0.3, -0.25) is 0 Å². The summed E-state index contributed by atoms with van der Waals surface area (Å²) in [7, 11) is 0. The van der Waals surface area contributed by atoms with E-state index in [1.54, 1.807) is 6.92 Å². The first-order chi connectivity index (χ1) is 5.18. The molecule has 0 aromatic heterocycles. The molecular formula is C9H14O2. The lowest BCUT2D eigenvalue weighted by Gasteiger charge is -1.97. The Kier molecular flexibility index (Phi) is 9.78. The third-order valence-corrected chi connectivity index (χ3v) is 0.681. The third kappa shape index (κ3) is 8.69. The van der Waals surface area contributed by atoms with Crippen LogP contribution in [-0.2, 0) is 9.53 Å². The van der Waals surface area contributed by atoms with Gasteiger partial charge < -0.3 is 4.74 Å². The van der Waals surface area contributed by atoms with Gasteiger partial charge in [0, 0.05) is 5.57 Å². The van der Waals surface area contributed by atoms with Crippen LogP contribution in [0.1, 0.15) is 6.92 Å². The van der Waals surface area contributed by atoms with Crippen LogP contribution < -0.4 is 0 Å². The quantitative estimate of drug-likeness (QED) is 0.353. The van der Waals surface area contributed by atoms with E-state index in [9.17, 15) is 4.79 Å². The van der Waals surface area contributed by atoms with Crippen LogP contribution in [0.3, 0.4) is 0 Å². The molecule has 0 amide bonds. The SMILES string of the molecule is C=C.C=CCOC(=O)C(=C)C. The van der Waals surface area contributed by atoms with Gasteiger partial charge in [-0.2, -0.15) is 0 Å². The zero-order valence-corrected chi connectivity index (χ0v) is 6.93. The Morgan fingerprint density at radius 1 is 1.55 bits per heavy atom. The maximum absolute atomic E-state index is 10.5. The molecule has 0 aromatic carbocycles. The largest absolute Gasteiger partial charge is 0.458 e. The lowest BCUT2D eigenvalue weighted by atomic mass is 10.4. The van der Waals surface area contributed by atoms with Crippen molar-refractivity contribution in [1.82, 2.24) is 0 Å². The minimum absolute atomic E-state index is 0.256. The van der Waals surface area contributed by atoms with E-state index in [1.165, 1.54) is 6.08 Å². The molecule has 2 nitrogen and oxygen atoms in total. The number of carbonyl (C=O) groups is 1.